The number of fused-ring (bicyclic) bond motifs is 1. The maximum Gasteiger partial charge on any atom is 0.410 e. The zero-order chi connectivity index (χ0) is 18.9. The second-order valence-corrected chi connectivity index (χ2v) is 8.63. The summed E-state index contributed by atoms with van der Waals surface area (Å²) in [6.45, 7) is 5.72. The van der Waals surface area contributed by atoms with Crippen LogP contribution in [0.25, 0.3) is 10.2 Å². The number of carbonyl (C=O) groups excluding carboxylic acids is 1. The molecule has 5 nitrogen and oxygen atoms in total. The number of rotatable bonds is 3. The summed E-state index contributed by atoms with van der Waals surface area (Å²) in [6, 6.07) is 5.26. The number of halogens is 1. The second kappa shape index (κ2) is 7.48. The summed E-state index contributed by atoms with van der Waals surface area (Å²) in [5.74, 6) is 0. The molecule has 1 saturated heterocycles. The Balaban J connectivity index is 1.78. The van der Waals surface area contributed by atoms with E-state index < -0.39 is 30.0 Å². The molecular weight excluding hydrogens is 355 g/mol. The summed E-state index contributed by atoms with van der Waals surface area (Å²) in [6.07, 6.45) is -1.47. The second-order valence-electron chi connectivity index (χ2n) is 7.75. The number of hydrogen-bond donors (Lipinski definition) is 1. The van der Waals surface area contributed by atoms with Gasteiger partial charge in [-0.25, -0.2) is 14.2 Å². The van der Waals surface area contributed by atoms with Crippen molar-refractivity contribution < 1.29 is 19.0 Å². The smallest absolute Gasteiger partial charge is 0.410 e. The standard InChI is InChI=1S/C19H25FN2O3S/c1-19(2,3)25-18(24)22-8-7-12(20)9-13(22)10-15(23)14-5-4-6-16-17(14)21-11-26-16/h4-6,11-13,15,23H,7-10H2,1-3H3/t12-,13-,15+/m1/s1. The molecule has 142 valence electrons. The van der Waals surface area contributed by atoms with Gasteiger partial charge in [-0.3, -0.25) is 0 Å². The topological polar surface area (TPSA) is 62.7 Å². The molecule has 1 aromatic heterocycles. The Bertz CT molecular complexity index is 773. The number of amides is 1. The van der Waals surface area contributed by atoms with E-state index in [1.807, 2.05) is 18.2 Å². The first-order chi connectivity index (χ1) is 12.2. The van der Waals surface area contributed by atoms with Crippen LogP contribution in [-0.2, 0) is 4.74 Å². The van der Waals surface area contributed by atoms with Crippen LogP contribution in [-0.4, -0.2) is 45.4 Å². The quantitative estimate of drug-likeness (QED) is 0.854. The van der Waals surface area contributed by atoms with Crippen LogP contribution in [0.4, 0.5) is 9.18 Å². The van der Waals surface area contributed by atoms with E-state index >= 15 is 0 Å². The minimum atomic E-state index is -0.971. The Hall–Kier alpha value is -1.73. The van der Waals surface area contributed by atoms with E-state index in [-0.39, 0.29) is 12.8 Å². The maximum atomic E-state index is 14.0. The number of aliphatic hydroxyl groups excluding tert-OH is 1. The van der Waals surface area contributed by atoms with Crippen molar-refractivity contribution in [1.29, 1.82) is 0 Å². The summed E-state index contributed by atoms with van der Waals surface area (Å²) in [7, 11) is 0. The number of likely N-dealkylation sites (tertiary alicyclic amines) is 1. The third-order valence-electron chi connectivity index (χ3n) is 4.53. The van der Waals surface area contributed by atoms with Crippen LogP contribution in [0.5, 0.6) is 0 Å². The molecule has 1 aromatic carbocycles. The highest BCUT2D eigenvalue weighted by Gasteiger charge is 2.35. The molecule has 0 aliphatic carbocycles. The molecule has 2 heterocycles. The number of alkyl halides is 1. The molecule has 0 bridgehead atoms. The number of hydrogen-bond acceptors (Lipinski definition) is 5. The number of thiazole rings is 1. The van der Waals surface area contributed by atoms with E-state index in [1.54, 1.807) is 31.2 Å². The summed E-state index contributed by atoms with van der Waals surface area (Å²) < 4.78 is 20.5. The fourth-order valence-corrected chi connectivity index (χ4v) is 4.06. The number of benzene rings is 1. The highest BCUT2D eigenvalue weighted by atomic mass is 32.1. The van der Waals surface area contributed by atoms with E-state index in [1.165, 1.54) is 11.3 Å². The van der Waals surface area contributed by atoms with Gasteiger partial charge in [0.25, 0.3) is 0 Å². The molecule has 1 N–H and O–H groups in total. The third kappa shape index (κ3) is 4.32. The molecular formula is C19H25FN2O3S. The van der Waals surface area contributed by atoms with Crippen molar-refractivity contribution in [3.63, 3.8) is 0 Å². The minimum absolute atomic E-state index is 0.212. The number of nitrogens with zero attached hydrogens (tertiary/aromatic N) is 2. The molecule has 1 aliphatic rings. The van der Waals surface area contributed by atoms with Gasteiger partial charge in [0.2, 0.25) is 0 Å². The van der Waals surface area contributed by atoms with Crippen molar-refractivity contribution >= 4 is 27.6 Å². The Kier molecular flexibility index (Phi) is 5.48. The lowest BCUT2D eigenvalue weighted by atomic mass is 9.93. The largest absolute Gasteiger partial charge is 0.444 e. The molecule has 0 radical (unpaired) electrons. The van der Waals surface area contributed by atoms with Crippen molar-refractivity contribution in [1.82, 2.24) is 9.88 Å². The average molecular weight is 380 g/mol. The average Bonchev–Trinajstić information content (AvgIpc) is 3.01. The summed E-state index contributed by atoms with van der Waals surface area (Å²) in [4.78, 5) is 18.4. The van der Waals surface area contributed by atoms with Crippen LogP contribution in [0.2, 0.25) is 0 Å². The van der Waals surface area contributed by atoms with E-state index in [2.05, 4.69) is 4.98 Å². The first-order valence-corrected chi connectivity index (χ1v) is 9.76. The van der Waals surface area contributed by atoms with Gasteiger partial charge >= 0.3 is 6.09 Å². The Labute approximate surface area is 156 Å². The van der Waals surface area contributed by atoms with Crippen molar-refractivity contribution in [3.05, 3.63) is 29.3 Å². The van der Waals surface area contributed by atoms with Crippen LogP contribution < -0.4 is 0 Å². The predicted molar refractivity (Wildman–Crippen MR) is 100 cm³/mol. The van der Waals surface area contributed by atoms with Crippen molar-refractivity contribution in [2.24, 2.45) is 0 Å². The zero-order valence-corrected chi connectivity index (χ0v) is 16.1. The molecule has 0 saturated carbocycles. The molecule has 3 rings (SSSR count). The Morgan fingerprint density at radius 3 is 3.00 bits per heavy atom. The van der Waals surface area contributed by atoms with Crippen molar-refractivity contribution in [2.45, 2.75) is 64.0 Å². The van der Waals surface area contributed by atoms with Crippen LogP contribution in [0, 0.1) is 0 Å². The first-order valence-electron chi connectivity index (χ1n) is 8.88. The Morgan fingerprint density at radius 1 is 1.50 bits per heavy atom. The van der Waals surface area contributed by atoms with Crippen molar-refractivity contribution in [3.8, 4) is 0 Å². The molecule has 1 fully saturated rings. The van der Waals surface area contributed by atoms with Crippen LogP contribution in [0.1, 0.15) is 51.7 Å². The monoisotopic (exact) mass is 380 g/mol. The van der Waals surface area contributed by atoms with Gasteiger partial charge in [-0.1, -0.05) is 12.1 Å². The summed E-state index contributed by atoms with van der Waals surface area (Å²) >= 11 is 1.51. The number of aromatic nitrogens is 1. The Morgan fingerprint density at radius 2 is 2.27 bits per heavy atom. The number of ether oxygens (including phenoxy) is 1. The van der Waals surface area contributed by atoms with Gasteiger partial charge in [-0.2, -0.15) is 0 Å². The lowest BCUT2D eigenvalue weighted by Gasteiger charge is -2.38. The number of carbonyl (C=O) groups is 1. The van der Waals surface area contributed by atoms with Crippen LogP contribution in [0.15, 0.2) is 23.7 Å². The lowest BCUT2D eigenvalue weighted by Crippen LogP contribution is -2.49. The molecule has 0 unspecified atom stereocenters. The highest BCUT2D eigenvalue weighted by molar-refractivity contribution is 7.16. The first kappa shape index (κ1) is 19.0. The molecule has 0 spiro atoms. The van der Waals surface area contributed by atoms with Gasteiger partial charge in [0, 0.05) is 18.2 Å². The van der Waals surface area contributed by atoms with Crippen molar-refractivity contribution in [2.75, 3.05) is 6.54 Å². The zero-order valence-electron chi connectivity index (χ0n) is 15.3. The minimum Gasteiger partial charge on any atom is -0.444 e. The number of aliphatic hydroxyl groups is 1. The van der Waals surface area contributed by atoms with Gasteiger partial charge in [-0.15, -0.1) is 11.3 Å². The molecule has 1 aliphatic heterocycles. The maximum absolute atomic E-state index is 14.0. The fourth-order valence-electron chi connectivity index (χ4n) is 3.35. The van der Waals surface area contributed by atoms with Gasteiger partial charge in [-0.05, 0) is 46.1 Å². The number of para-hydroxylation sites is 1. The van der Waals surface area contributed by atoms with Gasteiger partial charge < -0.3 is 14.7 Å². The van der Waals surface area contributed by atoms with Gasteiger partial charge in [0.05, 0.1) is 21.8 Å². The molecule has 7 heteroatoms. The molecule has 2 aromatic rings. The predicted octanol–water partition coefficient (Wildman–Crippen LogP) is 4.46. The van der Waals surface area contributed by atoms with E-state index in [0.29, 0.717) is 18.5 Å². The van der Waals surface area contributed by atoms with Crippen LogP contribution in [0.3, 0.4) is 0 Å². The third-order valence-corrected chi connectivity index (χ3v) is 5.32. The van der Waals surface area contributed by atoms with Crippen LogP contribution >= 0.6 is 11.3 Å². The highest BCUT2D eigenvalue weighted by Crippen LogP contribution is 2.32. The SMILES string of the molecule is CC(C)(C)OC(=O)N1CC[C@@H](F)C[C@@H]1C[C@H](O)c1cccc2scnc12. The molecule has 26 heavy (non-hydrogen) atoms. The van der Waals surface area contributed by atoms with E-state index in [4.69, 9.17) is 4.74 Å². The molecule has 1 amide bonds. The molecule has 3 atom stereocenters. The fraction of sp³-hybridized carbons (Fsp3) is 0.579. The van der Waals surface area contributed by atoms with Gasteiger partial charge in [0.1, 0.15) is 11.8 Å². The summed E-state index contributed by atoms with van der Waals surface area (Å²) in [5.41, 5.74) is 2.61. The van der Waals surface area contributed by atoms with E-state index in [9.17, 15) is 14.3 Å². The lowest BCUT2D eigenvalue weighted by molar-refractivity contribution is -0.00657. The normalized spacial score (nSPS) is 22.4. The van der Waals surface area contributed by atoms with Gasteiger partial charge in [0.15, 0.2) is 0 Å². The summed E-state index contributed by atoms with van der Waals surface area (Å²) in [5, 5.41) is 10.8. The number of piperidine rings is 1. The van der Waals surface area contributed by atoms with E-state index in [0.717, 1.165) is 10.2 Å².